The zero-order valence-electron chi connectivity index (χ0n) is 10.7. The molecule has 3 nitrogen and oxygen atoms in total. The molecule has 0 amide bonds. The highest BCUT2D eigenvalue weighted by Crippen LogP contribution is 2.01. The molecular weight excluding hydrogens is 188 g/mol. The lowest BCUT2D eigenvalue weighted by Gasteiger charge is -2.34. The number of hydrogen-bond donors (Lipinski definition) is 1. The molecule has 0 bridgehead atoms. The van der Waals surface area contributed by atoms with Crippen molar-refractivity contribution in [3.63, 3.8) is 0 Å². The van der Waals surface area contributed by atoms with Crippen molar-refractivity contribution < 1.29 is 5.11 Å². The molecule has 92 valence electrons. The molecule has 1 saturated heterocycles. The summed E-state index contributed by atoms with van der Waals surface area (Å²) in [5.41, 5.74) is 0. The summed E-state index contributed by atoms with van der Waals surface area (Å²) in [6.45, 7) is 13.4. The van der Waals surface area contributed by atoms with E-state index < -0.39 is 0 Å². The van der Waals surface area contributed by atoms with Crippen molar-refractivity contribution in [3.05, 3.63) is 0 Å². The van der Waals surface area contributed by atoms with Crippen LogP contribution in [0.4, 0.5) is 0 Å². The van der Waals surface area contributed by atoms with Gasteiger partial charge in [-0.2, -0.15) is 0 Å². The van der Waals surface area contributed by atoms with Gasteiger partial charge in [-0.1, -0.05) is 27.2 Å². The summed E-state index contributed by atoms with van der Waals surface area (Å²) in [4.78, 5) is 4.82. The molecule has 3 heteroatoms. The molecule has 0 aromatic heterocycles. The summed E-state index contributed by atoms with van der Waals surface area (Å²) < 4.78 is 0. The second-order valence-electron chi connectivity index (χ2n) is 4.11. The van der Waals surface area contributed by atoms with Crippen LogP contribution in [0.1, 0.15) is 33.6 Å². The average molecular weight is 216 g/mol. The molecule has 1 aliphatic rings. The summed E-state index contributed by atoms with van der Waals surface area (Å²) in [6.07, 6.45) is 2.50. The zero-order chi connectivity index (χ0) is 11.5. The van der Waals surface area contributed by atoms with Crippen LogP contribution in [0.15, 0.2) is 0 Å². The van der Waals surface area contributed by atoms with Gasteiger partial charge in [0, 0.05) is 32.7 Å². The molecule has 0 aromatic carbocycles. The monoisotopic (exact) mass is 216 g/mol. The Balaban J connectivity index is 0.000000583. The number of hydrogen-bond acceptors (Lipinski definition) is 3. The molecule has 1 N–H and O–H groups in total. The minimum atomic E-state index is 0.299. The Morgan fingerprint density at radius 2 is 1.27 bits per heavy atom. The molecule has 1 aliphatic heterocycles. The maximum Gasteiger partial charge on any atom is 0.0558 e. The van der Waals surface area contributed by atoms with E-state index in [-0.39, 0.29) is 0 Å². The number of β-amino-alcohol motifs (C(OH)–C–C–N with tert-alkyl or cyclic N) is 1. The third kappa shape index (κ3) is 7.77. The van der Waals surface area contributed by atoms with Gasteiger partial charge in [0.1, 0.15) is 0 Å². The summed E-state index contributed by atoms with van der Waals surface area (Å²) in [5.74, 6) is 0. The molecule has 1 rings (SSSR count). The topological polar surface area (TPSA) is 26.7 Å². The maximum absolute atomic E-state index is 8.73. The van der Waals surface area contributed by atoms with Crippen LogP contribution in [0.25, 0.3) is 0 Å². The van der Waals surface area contributed by atoms with E-state index in [4.69, 9.17) is 5.11 Å². The first-order valence-corrected chi connectivity index (χ1v) is 6.33. The molecule has 0 spiro atoms. The van der Waals surface area contributed by atoms with Crippen molar-refractivity contribution >= 4 is 0 Å². The van der Waals surface area contributed by atoms with Crippen LogP contribution in [0.5, 0.6) is 0 Å². The summed E-state index contributed by atoms with van der Waals surface area (Å²) >= 11 is 0. The van der Waals surface area contributed by atoms with Crippen LogP contribution >= 0.6 is 0 Å². The van der Waals surface area contributed by atoms with Crippen LogP contribution in [-0.2, 0) is 0 Å². The molecule has 0 aromatic rings. The van der Waals surface area contributed by atoms with E-state index in [0.29, 0.717) is 6.61 Å². The van der Waals surface area contributed by atoms with Gasteiger partial charge < -0.3 is 10.0 Å². The van der Waals surface area contributed by atoms with Gasteiger partial charge in [0.15, 0.2) is 0 Å². The van der Waals surface area contributed by atoms with Crippen LogP contribution in [-0.4, -0.2) is 60.8 Å². The molecular formula is C12H28N2O. The smallest absolute Gasteiger partial charge is 0.0558 e. The summed E-state index contributed by atoms with van der Waals surface area (Å²) in [7, 11) is 0. The predicted octanol–water partition coefficient (Wildman–Crippen LogP) is 1.42. The van der Waals surface area contributed by atoms with E-state index in [1.54, 1.807) is 0 Å². The van der Waals surface area contributed by atoms with Gasteiger partial charge >= 0.3 is 0 Å². The Bertz CT molecular complexity index is 109. The van der Waals surface area contributed by atoms with Crippen molar-refractivity contribution in [1.82, 2.24) is 9.80 Å². The zero-order valence-corrected chi connectivity index (χ0v) is 10.7. The summed E-state index contributed by atoms with van der Waals surface area (Å²) in [6, 6.07) is 0. The third-order valence-electron chi connectivity index (χ3n) is 2.42. The van der Waals surface area contributed by atoms with Gasteiger partial charge in [-0.3, -0.25) is 4.90 Å². The van der Waals surface area contributed by atoms with E-state index >= 15 is 0 Å². The highest BCUT2D eigenvalue weighted by Gasteiger charge is 2.14. The Morgan fingerprint density at radius 3 is 1.60 bits per heavy atom. The quantitative estimate of drug-likeness (QED) is 0.770. The Morgan fingerprint density at radius 1 is 0.867 bits per heavy atom. The van der Waals surface area contributed by atoms with Crippen molar-refractivity contribution in [2.75, 3.05) is 45.9 Å². The van der Waals surface area contributed by atoms with Gasteiger partial charge in [-0.25, -0.2) is 0 Å². The second-order valence-corrected chi connectivity index (χ2v) is 4.11. The molecule has 1 heterocycles. The van der Waals surface area contributed by atoms with Crippen LogP contribution in [0.2, 0.25) is 0 Å². The van der Waals surface area contributed by atoms with Gasteiger partial charge in [0.05, 0.1) is 6.61 Å². The highest BCUT2D eigenvalue weighted by atomic mass is 16.3. The second kappa shape index (κ2) is 10.4. The molecule has 0 atom stereocenters. The lowest BCUT2D eigenvalue weighted by atomic mass is 10.3. The van der Waals surface area contributed by atoms with Gasteiger partial charge in [0.25, 0.3) is 0 Å². The average Bonchev–Trinajstić information content (AvgIpc) is 2.23. The van der Waals surface area contributed by atoms with Crippen molar-refractivity contribution in [2.45, 2.75) is 33.6 Å². The first kappa shape index (κ1) is 14.9. The Labute approximate surface area is 95.1 Å². The number of aliphatic hydroxyl groups excluding tert-OH is 1. The fourth-order valence-corrected chi connectivity index (χ4v) is 1.69. The predicted molar refractivity (Wildman–Crippen MR) is 66.2 cm³/mol. The fourth-order valence-electron chi connectivity index (χ4n) is 1.69. The van der Waals surface area contributed by atoms with Crippen LogP contribution in [0, 0.1) is 0 Å². The first-order valence-electron chi connectivity index (χ1n) is 6.33. The SMILES string of the molecule is CCC.CCCN1CCN(CCO)CC1. The molecule has 0 saturated carbocycles. The lowest BCUT2D eigenvalue weighted by molar-refractivity contribution is 0.113. The first-order chi connectivity index (χ1) is 7.28. The number of piperazine rings is 1. The maximum atomic E-state index is 8.73. The van der Waals surface area contributed by atoms with Gasteiger partial charge in [0.2, 0.25) is 0 Å². The standard InChI is InChI=1S/C9H20N2O.C3H8/c1-2-3-10-4-6-11(7-5-10)8-9-12;1-3-2/h12H,2-9H2,1H3;3H2,1-2H3. The largest absolute Gasteiger partial charge is 0.395 e. The summed E-state index contributed by atoms with van der Waals surface area (Å²) in [5, 5.41) is 8.73. The molecule has 0 unspecified atom stereocenters. The van der Waals surface area contributed by atoms with Crippen LogP contribution < -0.4 is 0 Å². The minimum absolute atomic E-state index is 0.299. The van der Waals surface area contributed by atoms with E-state index in [2.05, 4.69) is 30.6 Å². The van der Waals surface area contributed by atoms with Crippen molar-refractivity contribution in [2.24, 2.45) is 0 Å². The molecule has 1 fully saturated rings. The number of nitrogens with zero attached hydrogens (tertiary/aromatic N) is 2. The Kier molecular flexibility index (Phi) is 10.3. The minimum Gasteiger partial charge on any atom is -0.395 e. The number of aliphatic hydroxyl groups is 1. The van der Waals surface area contributed by atoms with E-state index in [1.807, 2.05) is 0 Å². The number of rotatable bonds is 4. The molecule has 0 radical (unpaired) electrons. The van der Waals surface area contributed by atoms with Crippen molar-refractivity contribution in [1.29, 1.82) is 0 Å². The Hall–Kier alpha value is -0.120. The van der Waals surface area contributed by atoms with E-state index in [9.17, 15) is 0 Å². The molecule has 15 heavy (non-hydrogen) atoms. The van der Waals surface area contributed by atoms with Gasteiger partial charge in [-0.05, 0) is 13.0 Å². The van der Waals surface area contributed by atoms with Crippen LogP contribution in [0.3, 0.4) is 0 Å². The highest BCUT2D eigenvalue weighted by molar-refractivity contribution is 4.70. The van der Waals surface area contributed by atoms with Gasteiger partial charge in [-0.15, -0.1) is 0 Å². The third-order valence-corrected chi connectivity index (χ3v) is 2.42. The van der Waals surface area contributed by atoms with E-state index in [0.717, 1.165) is 19.6 Å². The molecule has 0 aliphatic carbocycles. The normalized spacial score (nSPS) is 18.4. The lowest BCUT2D eigenvalue weighted by Crippen LogP contribution is -2.47. The van der Waals surface area contributed by atoms with Crippen molar-refractivity contribution in [3.8, 4) is 0 Å². The fraction of sp³-hybridized carbons (Fsp3) is 1.00. The van der Waals surface area contributed by atoms with E-state index in [1.165, 1.54) is 32.5 Å².